The Morgan fingerprint density at radius 1 is 0.300 bits per heavy atom. The Morgan fingerprint density at radius 2 is 0.450 bits per heavy atom. The molecule has 0 bridgehead atoms. The minimum Gasteiger partial charge on any atom is -0.322 e. The Morgan fingerprint density at radius 3 is 0.625 bits per heavy atom. The first-order valence-corrected chi connectivity index (χ1v) is 10.9. The summed E-state index contributed by atoms with van der Waals surface area (Å²) in [6.45, 7) is 0. The maximum Gasteiger partial charge on any atom is 0.136 e. The SMILES string of the molecule is C.C.C.C.C.C.C.NC(C=O)CCC(N)C=O.NC(C=O)CCCC(N)C=O.NC(C=O)CCCCC(N)C=O. The summed E-state index contributed by atoms with van der Waals surface area (Å²) >= 11 is 0. The van der Waals surface area contributed by atoms with Gasteiger partial charge < -0.3 is 63.2 Å². The van der Waals surface area contributed by atoms with E-state index in [1.54, 1.807) is 0 Å². The van der Waals surface area contributed by atoms with Crippen molar-refractivity contribution in [3.8, 4) is 0 Å². The number of hydrogen-bond donors (Lipinski definition) is 6. The minimum absolute atomic E-state index is 0. The van der Waals surface area contributed by atoms with Crippen LogP contribution in [0.25, 0.3) is 0 Å². The summed E-state index contributed by atoms with van der Waals surface area (Å²) in [5.74, 6) is 0. The van der Waals surface area contributed by atoms with Gasteiger partial charge in [-0.05, 0) is 44.9 Å². The van der Waals surface area contributed by atoms with Crippen LogP contribution in [0.2, 0.25) is 0 Å². The normalized spacial score (nSPS) is 12.8. The van der Waals surface area contributed by atoms with E-state index in [2.05, 4.69) is 0 Å². The molecule has 12 N–H and O–H groups in total. The third kappa shape index (κ3) is 56.1. The monoisotopic (exact) mass is 587 g/mol. The highest BCUT2D eigenvalue weighted by Crippen LogP contribution is 2.02. The highest BCUT2D eigenvalue weighted by atomic mass is 16.1. The van der Waals surface area contributed by atoms with E-state index in [0.717, 1.165) is 31.8 Å². The van der Waals surface area contributed by atoms with Crippen molar-refractivity contribution in [3.63, 3.8) is 0 Å². The predicted octanol–water partition coefficient (Wildman–Crippen LogP) is 2.08. The Hall–Kier alpha value is -2.22. The highest BCUT2D eigenvalue weighted by Gasteiger charge is 2.04. The number of unbranched alkanes of at least 4 members (excludes halogenated alkanes) is 1. The van der Waals surface area contributed by atoms with E-state index in [9.17, 15) is 28.8 Å². The number of aldehydes is 6. The lowest BCUT2D eigenvalue weighted by molar-refractivity contribution is -0.110. The molecular weight excluding hydrogens is 516 g/mol. The molecule has 0 aliphatic heterocycles. The zero-order valence-corrected chi connectivity index (χ0v) is 19.2. The maximum atomic E-state index is 10.1. The van der Waals surface area contributed by atoms with Crippen LogP contribution in [0, 0.1) is 0 Å². The second-order valence-corrected chi connectivity index (χ2v) is 7.59. The first-order valence-electron chi connectivity index (χ1n) is 10.9. The van der Waals surface area contributed by atoms with Crippen molar-refractivity contribution < 1.29 is 28.8 Å². The fourth-order valence-corrected chi connectivity index (χ4v) is 2.14. The third-order valence-electron chi connectivity index (χ3n) is 4.28. The smallest absolute Gasteiger partial charge is 0.136 e. The van der Waals surface area contributed by atoms with Crippen LogP contribution in [0.5, 0.6) is 0 Å². The van der Waals surface area contributed by atoms with Crippen molar-refractivity contribution in [2.75, 3.05) is 0 Å². The Balaban J connectivity index is -0.0000000389. The summed E-state index contributed by atoms with van der Waals surface area (Å²) in [7, 11) is 0. The van der Waals surface area contributed by atoms with Crippen molar-refractivity contribution in [3.05, 3.63) is 0 Å². The minimum atomic E-state index is -0.481. The molecule has 0 spiro atoms. The zero-order chi connectivity index (χ0) is 26.1. The van der Waals surface area contributed by atoms with Gasteiger partial charge in [0.15, 0.2) is 0 Å². The van der Waals surface area contributed by atoms with Gasteiger partial charge in [-0.25, -0.2) is 0 Å². The number of carbonyl (C=O) groups is 6. The molecule has 40 heavy (non-hydrogen) atoms. The van der Waals surface area contributed by atoms with Crippen molar-refractivity contribution in [1.29, 1.82) is 0 Å². The van der Waals surface area contributed by atoms with Crippen LogP contribution in [-0.4, -0.2) is 74.0 Å². The summed E-state index contributed by atoms with van der Waals surface area (Å²) in [6, 6.07) is -2.50. The van der Waals surface area contributed by atoms with E-state index in [0.29, 0.717) is 63.7 Å². The standard InChI is InChI=1S/C8H16N2O2.C7H14N2O2.C6H12N2O2.7CH4/c9-7(5-11)3-1-2-4-8(10)6-12;8-6(4-10)2-1-3-7(9)5-11;7-5(3-9)1-2-6(8)4-10;;;;;;;/h5-8H,1-4,9-10H2;4-7H,1-3,8-9H2;3-6H,1-2,7-8H2;7*1H4. The molecule has 0 aromatic carbocycles. The van der Waals surface area contributed by atoms with Gasteiger partial charge >= 0.3 is 0 Å². The van der Waals surface area contributed by atoms with Crippen molar-refractivity contribution in [2.24, 2.45) is 34.4 Å². The third-order valence-corrected chi connectivity index (χ3v) is 4.28. The van der Waals surface area contributed by atoms with E-state index >= 15 is 0 Å². The van der Waals surface area contributed by atoms with Crippen molar-refractivity contribution in [2.45, 2.75) is 146 Å². The lowest BCUT2D eigenvalue weighted by Crippen LogP contribution is -2.27. The molecule has 6 atom stereocenters. The zero-order valence-electron chi connectivity index (χ0n) is 19.2. The largest absolute Gasteiger partial charge is 0.322 e. The summed E-state index contributed by atoms with van der Waals surface area (Å²) in [5, 5.41) is 0. The van der Waals surface area contributed by atoms with E-state index in [1.165, 1.54) is 0 Å². The Bertz CT molecular complexity index is 486. The molecule has 0 rings (SSSR count). The molecule has 0 heterocycles. The van der Waals surface area contributed by atoms with Crippen molar-refractivity contribution >= 4 is 37.7 Å². The molecule has 0 aromatic rings. The van der Waals surface area contributed by atoms with Gasteiger partial charge in [-0.2, -0.15) is 0 Å². The van der Waals surface area contributed by atoms with Gasteiger partial charge in [0.2, 0.25) is 0 Å². The molecular formula is C28H70N6O6. The number of hydrogen-bond acceptors (Lipinski definition) is 12. The fourth-order valence-electron chi connectivity index (χ4n) is 2.14. The van der Waals surface area contributed by atoms with Gasteiger partial charge in [0.05, 0.1) is 36.3 Å². The predicted molar refractivity (Wildman–Crippen MR) is 173 cm³/mol. The second-order valence-electron chi connectivity index (χ2n) is 7.59. The molecule has 12 nitrogen and oxygen atoms in total. The maximum absolute atomic E-state index is 10.1. The lowest BCUT2D eigenvalue weighted by Gasteiger charge is -2.04. The topological polar surface area (TPSA) is 259 Å². The summed E-state index contributed by atoms with van der Waals surface area (Å²) < 4.78 is 0. The van der Waals surface area contributed by atoms with Crippen LogP contribution < -0.4 is 34.4 Å². The molecule has 0 amide bonds. The van der Waals surface area contributed by atoms with Crippen LogP contribution in [0.4, 0.5) is 0 Å². The van der Waals surface area contributed by atoms with Crippen LogP contribution in [0.15, 0.2) is 0 Å². The second kappa shape index (κ2) is 49.7. The molecule has 0 aromatic heterocycles. The van der Waals surface area contributed by atoms with E-state index in [-0.39, 0.29) is 64.1 Å². The van der Waals surface area contributed by atoms with Gasteiger partial charge in [0, 0.05) is 0 Å². The van der Waals surface area contributed by atoms with Crippen LogP contribution in [-0.2, 0) is 28.8 Å². The molecule has 0 aliphatic carbocycles. The average molecular weight is 587 g/mol. The molecule has 0 saturated heterocycles. The first-order chi connectivity index (χ1) is 15.6. The first kappa shape index (κ1) is 66.2. The Kier molecular flexibility index (Phi) is 82.3. The lowest BCUT2D eigenvalue weighted by atomic mass is 10.1. The van der Waals surface area contributed by atoms with Gasteiger partial charge in [0.25, 0.3) is 0 Å². The van der Waals surface area contributed by atoms with E-state index in [1.807, 2.05) is 0 Å². The van der Waals surface area contributed by atoms with Gasteiger partial charge in [-0.15, -0.1) is 0 Å². The average Bonchev–Trinajstić information content (AvgIpc) is 2.84. The van der Waals surface area contributed by atoms with Crippen molar-refractivity contribution in [1.82, 2.24) is 0 Å². The number of nitrogens with two attached hydrogens (primary N) is 6. The van der Waals surface area contributed by atoms with Gasteiger partial charge in [-0.1, -0.05) is 64.8 Å². The van der Waals surface area contributed by atoms with E-state index < -0.39 is 24.2 Å². The molecule has 6 unspecified atom stereocenters. The highest BCUT2D eigenvalue weighted by molar-refractivity contribution is 5.59. The summed E-state index contributed by atoms with van der Waals surface area (Å²) in [6.07, 6.45) is 10.1. The van der Waals surface area contributed by atoms with Gasteiger partial charge in [0.1, 0.15) is 37.7 Å². The van der Waals surface area contributed by atoms with Crippen LogP contribution >= 0.6 is 0 Å². The molecule has 12 heteroatoms. The number of carbonyl (C=O) groups excluding carboxylic acids is 6. The van der Waals surface area contributed by atoms with E-state index in [4.69, 9.17) is 34.4 Å². The van der Waals surface area contributed by atoms with Crippen LogP contribution in [0.3, 0.4) is 0 Å². The quantitative estimate of drug-likeness (QED) is 0.0995. The Labute approximate surface area is 247 Å². The molecule has 0 aliphatic rings. The molecule has 248 valence electrons. The molecule has 0 saturated carbocycles. The van der Waals surface area contributed by atoms with Gasteiger partial charge in [-0.3, -0.25) is 0 Å². The molecule has 0 fully saturated rings. The van der Waals surface area contributed by atoms with Crippen LogP contribution in [0.1, 0.15) is 110 Å². The summed E-state index contributed by atoms with van der Waals surface area (Å²) in [5.41, 5.74) is 31.8. The molecule has 0 radical (unpaired) electrons. The number of rotatable bonds is 18. The fraction of sp³-hybridized carbons (Fsp3) is 0.786. The summed E-state index contributed by atoms with van der Waals surface area (Å²) in [4.78, 5) is 60.1.